The van der Waals surface area contributed by atoms with Gasteiger partial charge in [0.25, 0.3) is 5.91 Å². The molecule has 0 radical (unpaired) electrons. The van der Waals surface area contributed by atoms with Crippen molar-refractivity contribution in [2.75, 3.05) is 5.32 Å². The number of aryl methyl sites for hydroxylation is 2. The summed E-state index contributed by atoms with van der Waals surface area (Å²) in [6.45, 7) is 6.20. The third-order valence-electron chi connectivity index (χ3n) is 4.44. The minimum atomic E-state index is -0.603. The normalized spacial score (nSPS) is 11.5. The minimum absolute atomic E-state index is 0.194. The first-order valence-electron chi connectivity index (χ1n) is 9.33. The van der Waals surface area contributed by atoms with Gasteiger partial charge in [0.2, 0.25) is 0 Å². The molecule has 4 nitrogen and oxygen atoms in total. The van der Waals surface area contributed by atoms with Crippen LogP contribution in [0.3, 0.4) is 0 Å². The molecule has 0 aromatic heterocycles. The van der Waals surface area contributed by atoms with E-state index >= 15 is 0 Å². The van der Waals surface area contributed by atoms with Crippen LogP contribution in [-0.2, 0) is 11.4 Å². The fraction of sp³-hybridized carbons (Fsp3) is 0.208. The van der Waals surface area contributed by atoms with E-state index in [9.17, 15) is 4.79 Å². The number of hydrogen-bond acceptors (Lipinski definition) is 3. The Hall–Kier alpha value is -3.27. The fourth-order valence-electron chi connectivity index (χ4n) is 2.83. The van der Waals surface area contributed by atoms with Gasteiger partial charge in [-0.2, -0.15) is 0 Å². The van der Waals surface area contributed by atoms with E-state index in [1.807, 2.05) is 86.6 Å². The van der Waals surface area contributed by atoms with Crippen LogP contribution >= 0.6 is 0 Å². The highest BCUT2D eigenvalue weighted by Gasteiger charge is 2.17. The van der Waals surface area contributed by atoms with Crippen molar-refractivity contribution in [3.05, 3.63) is 89.5 Å². The molecule has 0 heterocycles. The summed E-state index contributed by atoms with van der Waals surface area (Å²) < 4.78 is 11.7. The third-order valence-corrected chi connectivity index (χ3v) is 4.44. The zero-order valence-corrected chi connectivity index (χ0v) is 16.4. The van der Waals surface area contributed by atoms with E-state index in [1.165, 1.54) is 0 Å². The van der Waals surface area contributed by atoms with E-state index in [-0.39, 0.29) is 5.91 Å². The first-order valence-corrected chi connectivity index (χ1v) is 9.33. The lowest BCUT2D eigenvalue weighted by Gasteiger charge is -2.18. The smallest absolute Gasteiger partial charge is 0.265 e. The van der Waals surface area contributed by atoms with Crippen LogP contribution in [0.5, 0.6) is 11.5 Å². The molecule has 0 saturated carbocycles. The molecule has 1 N–H and O–H groups in total. The Morgan fingerprint density at radius 2 is 1.54 bits per heavy atom. The molecule has 0 bridgehead atoms. The van der Waals surface area contributed by atoms with E-state index in [4.69, 9.17) is 9.47 Å². The number of nitrogens with one attached hydrogen (secondary N) is 1. The van der Waals surface area contributed by atoms with Gasteiger partial charge in [-0.25, -0.2) is 0 Å². The van der Waals surface area contributed by atoms with Crippen molar-refractivity contribution in [1.82, 2.24) is 0 Å². The molecule has 3 aromatic carbocycles. The SMILES string of the molecule is Cc1cccc(C)c1OC(C)C(=O)Nc1ccc(OCc2ccccc2)cc1. The number of para-hydroxylation sites is 1. The Bertz CT molecular complexity index is 900. The Labute approximate surface area is 166 Å². The highest BCUT2D eigenvalue weighted by Crippen LogP contribution is 2.24. The lowest BCUT2D eigenvalue weighted by Crippen LogP contribution is -2.30. The van der Waals surface area contributed by atoms with Gasteiger partial charge in [0, 0.05) is 5.69 Å². The lowest BCUT2D eigenvalue weighted by molar-refractivity contribution is -0.122. The molecule has 0 fully saturated rings. The second kappa shape index (κ2) is 9.09. The van der Waals surface area contributed by atoms with Crippen LogP contribution in [0.2, 0.25) is 0 Å². The van der Waals surface area contributed by atoms with Gasteiger partial charge in [-0.15, -0.1) is 0 Å². The number of amides is 1. The van der Waals surface area contributed by atoms with Crippen molar-refractivity contribution in [2.45, 2.75) is 33.5 Å². The molecule has 4 heteroatoms. The van der Waals surface area contributed by atoms with E-state index in [2.05, 4.69) is 5.32 Å². The molecule has 3 aromatic rings. The second-order valence-corrected chi connectivity index (χ2v) is 6.77. The van der Waals surface area contributed by atoms with E-state index < -0.39 is 6.10 Å². The zero-order valence-electron chi connectivity index (χ0n) is 16.4. The zero-order chi connectivity index (χ0) is 19.9. The maximum atomic E-state index is 12.5. The third kappa shape index (κ3) is 5.13. The topological polar surface area (TPSA) is 47.6 Å². The predicted octanol–water partition coefficient (Wildman–Crippen LogP) is 5.29. The molecule has 1 unspecified atom stereocenters. The molecule has 0 aliphatic rings. The van der Waals surface area contributed by atoms with Crippen LogP contribution in [0, 0.1) is 13.8 Å². The van der Waals surface area contributed by atoms with Crippen molar-refractivity contribution in [3.8, 4) is 11.5 Å². The van der Waals surface area contributed by atoms with Crippen molar-refractivity contribution in [2.24, 2.45) is 0 Å². The average molecular weight is 375 g/mol. The average Bonchev–Trinajstić information content (AvgIpc) is 2.71. The highest BCUT2D eigenvalue weighted by molar-refractivity contribution is 5.94. The monoisotopic (exact) mass is 375 g/mol. The molecule has 1 amide bonds. The maximum absolute atomic E-state index is 12.5. The predicted molar refractivity (Wildman–Crippen MR) is 112 cm³/mol. The Morgan fingerprint density at radius 1 is 0.893 bits per heavy atom. The number of benzene rings is 3. The van der Waals surface area contributed by atoms with Crippen LogP contribution in [-0.4, -0.2) is 12.0 Å². The highest BCUT2D eigenvalue weighted by atomic mass is 16.5. The van der Waals surface area contributed by atoms with E-state index in [1.54, 1.807) is 6.92 Å². The van der Waals surface area contributed by atoms with Crippen LogP contribution in [0.4, 0.5) is 5.69 Å². The van der Waals surface area contributed by atoms with E-state index in [0.717, 1.165) is 28.2 Å². The van der Waals surface area contributed by atoms with Crippen molar-refractivity contribution in [1.29, 1.82) is 0 Å². The summed E-state index contributed by atoms with van der Waals surface area (Å²) in [6, 6.07) is 23.2. The molecule has 0 saturated heterocycles. The summed E-state index contributed by atoms with van der Waals surface area (Å²) in [7, 11) is 0. The molecule has 0 spiro atoms. The molecular weight excluding hydrogens is 350 g/mol. The number of ether oxygens (including phenoxy) is 2. The summed E-state index contributed by atoms with van der Waals surface area (Å²) in [5.41, 5.74) is 3.84. The minimum Gasteiger partial charge on any atom is -0.489 e. The molecule has 0 aliphatic carbocycles. The van der Waals surface area contributed by atoms with Gasteiger partial charge < -0.3 is 14.8 Å². The maximum Gasteiger partial charge on any atom is 0.265 e. The summed E-state index contributed by atoms with van der Waals surface area (Å²) in [4.78, 5) is 12.5. The first kappa shape index (κ1) is 19.5. The molecule has 1 atom stereocenters. The second-order valence-electron chi connectivity index (χ2n) is 6.77. The summed E-state index contributed by atoms with van der Waals surface area (Å²) in [5.74, 6) is 1.32. The Kier molecular flexibility index (Phi) is 6.33. The van der Waals surface area contributed by atoms with Crippen molar-refractivity contribution < 1.29 is 14.3 Å². The standard InChI is InChI=1S/C24H25NO3/c1-17-8-7-9-18(2)23(17)28-19(3)24(26)25-21-12-14-22(15-13-21)27-16-20-10-5-4-6-11-20/h4-15,19H,16H2,1-3H3,(H,25,26). The van der Waals surface area contributed by atoms with Gasteiger partial charge in [0.05, 0.1) is 0 Å². The first-order chi connectivity index (χ1) is 13.5. The van der Waals surface area contributed by atoms with Gasteiger partial charge >= 0.3 is 0 Å². The van der Waals surface area contributed by atoms with Crippen LogP contribution < -0.4 is 14.8 Å². The van der Waals surface area contributed by atoms with Gasteiger partial charge in [0.1, 0.15) is 18.1 Å². The van der Waals surface area contributed by atoms with Crippen LogP contribution in [0.1, 0.15) is 23.6 Å². The fourth-order valence-corrected chi connectivity index (χ4v) is 2.83. The number of anilines is 1. The van der Waals surface area contributed by atoms with Gasteiger partial charge in [-0.3, -0.25) is 4.79 Å². The summed E-state index contributed by atoms with van der Waals surface area (Å²) in [6.07, 6.45) is -0.603. The number of carbonyl (C=O) groups is 1. The Morgan fingerprint density at radius 3 is 2.18 bits per heavy atom. The summed E-state index contributed by atoms with van der Waals surface area (Å²) in [5, 5.41) is 2.88. The molecule has 28 heavy (non-hydrogen) atoms. The molecule has 144 valence electrons. The van der Waals surface area contributed by atoms with Crippen LogP contribution in [0.15, 0.2) is 72.8 Å². The van der Waals surface area contributed by atoms with Crippen molar-refractivity contribution in [3.63, 3.8) is 0 Å². The number of rotatable bonds is 7. The van der Waals surface area contributed by atoms with E-state index in [0.29, 0.717) is 12.3 Å². The number of hydrogen-bond donors (Lipinski definition) is 1. The molecule has 0 aliphatic heterocycles. The largest absolute Gasteiger partial charge is 0.489 e. The summed E-state index contributed by atoms with van der Waals surface area (Å²) >= 11 is 0. The quantitative estimate of drug-likeness (QED) is 0.610. The van der Waals surface area contributed by atoms with Gasteiger partial charge in [0.15, 0.2) is 6.10 Å². The lowest BCUT2D eigenvalue weighted by atomic mass is 10.1. The number of carbonyl (C=O) groups excluding carboxylic acids is 1. The Balaban J connectivity index is 1.55. The van der Waals surface area contributed by atoms with Crippen molar-refractivity contribution >= 4 is 11.6 Å². The molecule has 3 rings (SSSR count). The molecular formula is C24H25NO3. The van der Waals surface area contributed by atoms with Gasteiger partial charge in [-0.1, -0.05) is 48.5 Å². The van der Waals surface area contributed by atoms with Gasteiger partial charge in [-0.05, 0) is 61.7 Å². The van der Waals surface area contributed by atoms with Crippen LogP contribution in [0.25, 0.3) is 0 Å².